The summed E-state index contributed by atoms with van der Waals surface area (Å²) in [6, 6.07) is 0.638. The number of nitrogens with one attached hydrogen (secondary N) is 1. The summed E-state index contributed by atoms with van der Waals surface area (Å²) in [6.07, 6.45) is 5.09. The van der Waals surface area contributed by atoms with Gasteiger partial charge in [-0.05, 0) is 25.5 Å². The molecule has 1 fully saturated rings. The Kier molecular flexibility index (Phi) is 6.92. The second-order valence-corrected chi connectivity index (χ2v) is 5.65. The number of amides is 1. The van der Waals surface area contributed by atoms with Gasteiger partial charge in [-0.25, -0.2) is 0 Å². The molecule has 0 aromatic rings. The van der Waals surface area contributed by atoms with Crippen LogP contribution in [0.25, 0.3) is 0 Å². The molecule has 0 aromatic heterocycles. The molecule has 100 valence electrons. The average molecular weight is 259 g/mol. The maximum atomic E-state index is 11.8. The van der Waals surface area contributed by atoms with Gasteiger partial charge in [-0.15, -0.1) is 0 Å². The fraction of sp³-hybridized carbons (Fsp3) is 0.917. The number of piperidine rings is 1. The number of nitrogens with two attached hydrogens (primary N) is 1. The van der Waals surface area contributed by atoms with Crippen LogP contribution in [0.4, 0.5) is 0 Å². The van der Waals surface area contributed by atoms with E-state index >= 15 is 0 Å². The average Bonchev–Trinajstić information content (AvgIpc) is 2.31. The van der Waals surface area contributed by atoms with Crippen molar-refractivity contribution in [3.8, 4) is 0 Å². The van der Waals surface area contributed by atoms with Gasteiger partial charge in [-0.2, -0.15) is 11.8 Å². The molecule has 1 heterocycles. The molecule has 0 radical (unpaired) electrons. The molecule has 1 rings (SSSR count). The number of carbonyl (C=O) groups is 1. The number of carbonyl (C=O) groups excluding carboxylic acids is 1. The lowest BCUT2D eigenvalue weighted by Crippen LogP contribution is -2.47. The van der Waals surface area contributed by atoms with E-state index in [1.54, 1.807) is 11.8 Å². The van der Waals surface area contributed by atoms with Crippen LogP contribution in [-0.2, 0) is 4.79 Å². The zero-order chi connectivity index (χ0) is 12.7. The van der Waals surface area contributed by atoms with Crippen LogP contribution in [0.1, 0.15) is 26.2 Å². The molecule has 0 bridgehead atoms. The first kappa shape index (κ1) is 14.8. The van der Waals surface area contributed by atoms with Crippen molar-refractivity contribution in [1.82, 2.24) is 10.2 Å². The highest BCUT2D eigenvalue weighted by Gasteiger charge is 2.19. The van der Waals surface area contributed by atoms with Gasteiger partial charge in [0.15, 0.2) is 0 Å². The smallest absolute Gasteiger partial charge is 0.234 e. The molecule has 0 saturated carbocycles. The van der Waals surface area contributed by atoms with Gasteiger partial charge in [0.05, 0.1) is 6.54 Å². The SMILES string of the molecule is CCC(CSC)NC(=O)CN1CCC(N)CC1. The Hall–Kier alpha value is -0.260. The Balaban J connectivity index is 2.24. The fourth-order valence-electron chi connectivity index (χ4n) is 2.05. The molecule has 17 heavy (non-hydrogen) atoms. The summed E-state index contributed by atoms with van der Waals surface area (Å²) in [6.45, 7) is 4.54. The minimum absolute atomic E-state index is 0.154. The van der Waals surface area contributed by atoms with E-state index < -0.39 is 0 Å². The second-order valence-electron chi connectivity index (χ2n) is 4.74. The van der Waals surface area contributed by atoms with Crippen molar-refractivity contribution >= 4 is 17.7 Å². The molecular formula is C12H25N3OS. The molecule has 3 N–H and O–H groups in total. The molecule has 1 saturated heterocycles. The van der Waals surface area contributed by atoms with E-state index in [4.69, 9.17) is 5.73 Å². The Bertz CT molecular complexity index is 230. The first-order valence-corrected chi connectivity index (χ1v) is 7.81. The monoisotopic (exact) mass is 259 g/mol. The van der Waals surface area contributed by atoms with E-state index in [-0.39, 0.29) is 5.91 Å². The lowest BCUT2D eigenvalue weighted by atomic mass is 10.1. The van der Waals surface area contributed by atoms with Crippen LogP contribution >= 0.6 is 11.8 Å². The number of hydrogen-bond acceptors (Lipinski definition) is 4. The molecule has 1 aliphatic heterocycles. The maximum Gasteiger partial charge on any atom is 0.234 e. The number of nitrogens with zero attached hydrogens (tertiary/aromatic N) is 1. The number of hydrogen-bond donors (Lipinski definition) is 2. The molecule has 1 unspecified atom stereocenters. The zero-order valence-electron chi connectivity index (χ0n) is 10.9. The molecule has 1 aliphatic rings. The van der Waals surface area contributed by atoms with Crippen molar-refractivity contribution in [2.24, 2.45) is 5.73 Å². The summed E-state index contributed by atoms with van der Waals surface area (Å²) < 4.78 is 0. The lowest BCUT2D eigenvalue weighted by molar-refractivity contribution is -0.123. The molecule has 4 nitrogen and oxygen atoms in total. The molecule has 0 aromatic carbocycles. The Morgan fingerprint density at radius 2 is 2.18 bits per heavy atom. The number of rotatable bonds is 6. The van der Waals surface area contributed by atoms with Crippen molar-refractivity contribution < 1.29 is 4.79 Å². The van der Waals surface area contributed by atoms with Gasteiger partial charge in [0, 0.05) is 30.9 Å². The van der Waals surface area contributed by atoms with Gasteiger partial charge in [0.25, 0.3) is 0 Å². The van der Waals surface area contributed by atoms with E-state index in [0.29, 0.717) is 18.6 Å². The summed E-state index contributed by atoms with van der Waals surface area (Å²) in [5.74, 6) is 1.15. The normalized spacial score (nSPS) is 20.2. The van der Waals surface area contributed by atoms with E-state index in [9.17, 15) is 4.79 Å². The van der Waals surface area contributed by atoms with Crippen LogP contribution in [0.3, 0.4) is 0 Å². The zero-order valence-corrected chi connectivity index (χ0v) is 11.8. The van der Waals surface area contributed by atoms with E-state index in [2.05, 4.69) is 23.4 Å². The van der Waals surface area contributed by atoms with Crippen molar-refractivity contribution in [1.29, 1.82) is 0 Å². The van der Waals surface area contributed by atoms with Crippen LogP contribution < -0.4 is 11.1 Å². The van der Waals surface area contributed by atoms with Gasteiger partial charge in [0.1, 0.15) is 0 Å². The van der Waals surface area contributed by atoms with Crippen LogP contribution in [0, 0.1) is 0 Å². The van der Waals surface area contributed by atoms with Crippen molar-refractivity contribution in [2.45, 2.75) is 38.3 Å². The standard InChI is InChI=1S/C12H25N3OS/c1-3-11(9-17-2)14-12(16)8-15-6-4-10(13)5-7-15/h10-11H,3-9,13H2,1-2H3,(H,14,16). The summed E-state index contributed by atoms with van der Waals surface area (Å²) >= 11 is 1.78. The molecule has 1 atom stereocenters. The third kappa shape index (κ3) is 5.75. The largest absolute Gasteiger partial charge is 0.351 e. The van der Waals surface area contributed by atoms with Gasteiger partial charge >= 0.3 is 0 Å². The molecular weight excluding hydrogens is 234 g/mol. The second kappa shape index (κ2) is 7.95. The summed E-state index contributed by atoms with van der Waals surface area (Å²) in [5, 5.41) is 3.09. The predicted molar refractivity (Wildman–Crippen MR) is 74.3 cm³/mol. The van der Waals surface area contributed by atoms with Gasteiger partial charge < -0.3 is 11.1 Å². The van der Waals surface area contributed by atoms with Crippen molar-refractivity contribution in [2.75, 3.05) is 31.6 Å². The van der Waals surface area contributed by atoms with Crippen LogP contribution in [-0.4, -0.2) is 54.5 Å². The van der Waals surface area contributed by atoms with Gasteiger partial charge in [-0.1, -0.05) is 6.92 Å². The highest BCUT2D eigenvalue weighted by molar-refractivity contribution is 7.98. The highest BCUT2D eigenvalue weighted by atomic mass is 32.2. The first-order chi connectivity index (χ1) is 8.15. The molecule has 1 amide bonds. The van der Waals surface area contributed by atoms with E-state index in [1.165, 1.54) is 0 Å². The first-order valence-electron chi connectivity index (χ1n) is 6.42. The summed E-state index contributed by atoms with van der Waals surface area (Å²) in [4.78, 5) is 14.0. The lowest BCUT2D eigenvalue weighted by Gasteiger charge is -2.30. The Labute approximate surface area is 109 Å². The van der Waals surface area contributed by atoms with Gasteiger partial charge in [0.2, 0.25) is 5.91 Å². The topological polar surface area (TPSA) is 58.4 Å². The third-order valence-electron chi connectivity index (χ3n) is 3.23. The minimum atomic E-state index is 0.154. The van der Waals surface area contributed by atoms with E-state index in [1.807, 2.05) is 0 Å². The highest BCUT2D eigenvalue weighted by Crippen LogP contribution is 2.07. The third-order valence-corrected chi connectivity index (χ3v) is 3.96. The fourth-order valence-corrected chi connectivity index (χ4v) is 2.77. The van der Waals surface area contributed by atoms with Crippen LogP contribution in [0.5, 0.6) is 0 Å². The van der Waals surface area contributed by atoms with Crippen LogP contribution in [0.15, 0.2) is 0 Å². The van der Waals surface area contributed by atoms with Gasteiger partial charge in [-0.3, -0.25) is 9.69 Å². The number of thioether (sulfide) groups is 1. The predicted octanol–water partition coefficient (Wildman–Crippen LogP) is 0.667. The maximum absolute atomic E-state index is 11.8. The summed E-state index contributed by atoms with van der Waals surface area (Å²) in [7, 11) is 0. The van der Waals surface area contributed by atoms with Crippen molar-refractivity contribution in [3.63, 3.8) is 0 Å². The Morgan fingerprint density at radius 3 is 2.71 bits per heavy atom. The minimum Gasteiger partial charge on any atom is -0.351 e. The summed E-state index contributed by atoms with van der Waals surface area (Å²) in [5.41, 5.74) is 5.84. The number of likely N-dealkylation sites (tertiary alicyclic amines) is 1. The molecule has 0 aliphatic carbocycles. The van der Waals surface area contributed by atoms with Crippen molar-refractivity contribution in [3.05, 3.63) is 0 Å². The molecule has 0 spiro atoms. The Morgan fingerprint density at radius 1 is 1.53 bits per heavy atom. The molecule has 5 heteroatoms. The quantitative estimate of drug-likeness (QED) is 0.736. The van der Waals surface area contributed by atoms with E-state index in [0.717, 1.165) is 38.1 Å². The van der Waals surface area contributed by atoms with Crippen LogP contribution in [0.2, 0.25) is 0 Å².